The lowest BCUT2D eigenvalue weighted by atomic mass is 9.66. The molecule has 9 aromatic rings. The SMILES string of the molecule is CCCC1=C(C)c2cc(N(c3ccc(-c4ccccc4)cc3)c3ccc(-c4ccc(-c5ccccc5)cc4)c(-c4ccccc4)c3)ccc2C1(c1ccccc1)c1ccccc1. The third-order valence-electron chi connectivity index (χ3n) is 12.8. The van der Waals surface area contributed by atoms with Crippen molar-refractivity contribution < 1.29 is 0 Å². The van der Waals surface area contributed by atoms with Crippen molar-refractivity contribution in [2.45, 2.75) is 32.1 Å². The minimum absolute atomic E-state index is 0.378. The Morgan fingerprint density at radius 1 is 0.355 bits per heavy atom. The molecule has 0 radical (unpaired) electrons. The van der Waals surface area contributed by atoms with E-state index in [0.29, 0.717) is 0 Å². The average Bonchev–Trinajstić information content (AvgIpc) is 3.60. The Morgan fingerprint density at radius 3 is 1.26 bits per heavy atom. The summed E-state index contributed by atoms with van der Waals surface area (Å²) in [4.78, 5) is 2.45. The van der Waals surface area contributed by atoms with Gasteiger partial charge in [-0.2, -0.15) is 0 Å². The number of nitrogens with zero attached hydrogens (tertiary/aromatic N) is 1. The first-order chi connectivity index (χ1) is 30.6. The minimum Gasteiger partial charge on any atom is -0.310 e. The van der Waals surface area contributed by atoms with Crippen LogP contribution in [0, 0.1) is 0 Å². The van der Waals surface area contributed by atoms with E-state index < -0.39 is 0 Å². The van der Waals surface area contributed by atoms with E-state index in [1.165, 1.54) is 77.9 Å². The Labute approximate surface area is 367 Å². The van der Waals surface area contributed by atoms with Gasteiger partial charge >= 0.3 is 0 Å². The summed E-state index contributed by atoms with van der Waals surface area (Å²) < 4.78 is 0. The normalized spacial score (nSPS) is 12.9. The summed E-state index contributed by atoms with van der Waals surface area (Å²) in [5.74, 6) is 0. The molecule has 62 heavy (non-hydrogen) atoms. The topological polar surface area (TPSA) is 3.24 Å². The van der Waals surface area contributed by atoms with Crippen LogP contribution in [0.2, 0.25) is 0 Å². The van der Waals surface area contributed by atoms with Crippen molar-refractivity contribution in [1.29, 1.82) is 0 Å². The Bertz CT molecular complexity index is 2930. The van der Waals surface area contributed by atoms with Gasteiger partial charge in [-0.1, -0.05) is 214 Å². The highest BCUT2D eigenvalue weighted by molar-refractivity contribution is 5.92. The first-order valence-electron chi connectivity index (χ1n) is 21.9. The number of fused-ring (bicyclic) bond motifs is 1. The van der Waals surface area contributed by atoms with Gasteiger partial charge in [0, 0.05) is 17.1 Å². The van der Waals surface area contributed by atoms with E-state index >= 15 is 0 Å². The summed E-state index contributed by atoms with van der Waals surface area (Å²) in [6.45, 7) is 4.66. The summed E-state index contributed by atoms with van der Waals surface area (Å²) >= 11 is 0. The Kier molecular flexibility index (Phi) is 10.5. The van der Waals surface area contributed by atoms with Crippen LogP contribution in [0.3, 0.4) is 0 Å². The van der Waals surface area contributed by atoms with E-state index in [1.807, 2.05) is 0 Å². The van der Waals surface area contributed by atoms with Gasteiger partial charge in [0.05, 0.1) is 5.41 Å². The molecule has 10 rings (SSSR count). The van der Waals surface area contributed by atoms with E-state index in [2.05, 4.69) is 255 Å². The monoisotopic (exact) mass is 795 g/mol. The van der Waals surface area contributed by atoms with Gasteiger partial charge in [-0.05, 0) is 128 Å². The number of hydrogen-bond donors (Lipinski definition) is 0. The molecule has 1 heteroatoms. The molecule has 0 aliphatic heterocycles. The maximum Gasteiger partial charge on any atom is 0.0673 e. The molecule has 1 nitrogen and oxygen atoms in total. The predicted molar refractivity (Wildman–Crippen MR) is 263 cm³/mol. The maximum atomic E-state index is 2.46. The molecule has 0 unspecified atom stereocenters. The second-order valence-corrected chi connectivity index (χ2v) is 16.4. The molecular formula is C61H49N. The van der Waals surface area contributed by atoms with Crippen LogP contribution in [-0.2, 0) is 5.41 Å². The molecule has 0 N–H and O–H groups in total. The molecule has 1 aliphatic carbocycles. The Hall–Kier alpha value is -7.48. The molecule has 0 saturated carbocycles. The Morgan fingerprint density at radius 2 is 0.742 bits per heavy atom. The lowest BCUT2D eigenvalue weighted by Crippen LogP contribution is -2.30. The summed E-state index contributed by atoms with van der Waals surface area (Å²) in [5, 5.41) is 0. The van der Waals surface area contributed by atoms with Crippen molar-refractivity contribution in [1.82, 2.24) is 0 Å². The third-order valence-corrected chi connectivity index (χ3v) is 12.8. The number of hydrogen-bond acceptors (Lipinski definition) is 1. The van der Waals surface area contributed by atoms with E-state index in [0.717, 1.165) is 29.9 Å². The van der Waals surface area contributed by atoms with Gasteiger partial charge in [-0.3, -0.25) is 0 Å². The minimum atomic E-state index is -0.378. The Balaban J connectivity index is 1.16. The summed E-state index contributed by atoms with van der Waals surface area (Å²) in [6.07, 6.45) is 2.08. The standard InChI is InChI=1S/C61H49N/c1-3-19-59-44(2)57-42-55(39-41-60(57)61(59,51-26-15-7-16-27-51)52-28-17-8-18-29-52)62(53-36-34-48(35-37-53)46-22-11-5-12-23-46)54-38-40-56(58(43-54)49-24-13-6-14-25-49)50-32-30-47(31-33-50)45-20-9-4-10-21-45/h4-18,20-43H,3,19H2,1-2H3. The number of benzene rings is 9. The molecule has 9 aromatic carbocycles. The second kappa shape index (κ2) is 16.9. The van der Waals surface area contributed by atoms with Crippen LogP contribution in [-0.4, -0.2) is 0 Å². The molecule has 0 spiro atoms. The fraction of sp³-hybridized carbons (Fsp3) is 0.0820. The van der Waals surface area contributed by atoms with E-state index in [-0.39, 0.29) is 5.41 Å². The zero-order valence-corrected chi connectivity index (χ0v) is 35.4. The zero-order chi connectivity index (χ0) is 41.9. The van der Waals surface area contributed by atoms with Gasteiger partial charge in [0.2, 0.25) is 0 Å². The summed E-state index contributed by atoms with van der Waals surface area (Å²) in [5.41, 5.74) is 20.7. The third kappa shape index (κ3) is 6.96. The molecular weight excluding hydrogens is 747 g/mol. The molecule has 0 fully saturated rings. The fourth-order valence-electron chi connectivity index (χ4n) is 9.88. The molecule has 0 saturated heterocycles. The van der Waals surface area contributed by atoms with Crippen molar-refractivity contribution in [3.63, 3.8) is 0 Å². The fourth-order valence-corrected chi connectivity index (χ4v) is 9.88. The van der Waals surface area contributed by atoms with Crippen molar-refractivity contribution in [2.24, 2.45) is 0 Å². The summed E-state index contributed by atoms with van der Waals surface area (Å²) in [6, 6.07) is 86.7. The van der Waals surface area contributed by atoms with Crippen LogP contribution in [0.25, 0.3) is 50.1 Å². The van der Waals surface area contributed by atoms with Gasteiger partial charge in [0.1, 0.15) is 0 Å². The van der Waals surface area contributed by atoms with Gasteiger partial charge < -0.3 is 4.90 Å². The van der Waals surface area contributed by atoms with Gasteiger partial charge in [0.25, 0.3) is 0 Å². The average molecular weight is 796 g/mol. The zero-order valence-electron chi connectivity index (χ0n) is 35.4. The van der Waals surface area contributed by atoms with Crippen LogP contribution in [0.5, 0.6) is 0 Å². The van der Waals surface area contributed by atoms with Gasteiger partial charge in [0.15, 0.2) is 0 Å². The first kappa shape index (κ1) is 38.7. The van der Waals surface area contributed by atoms with E-state index in [4.69, 9.17) is 0 Å². The number of anilines is 3. The maximum absolute atomic E-state index is 2.46. The molecule has 0 bridgehead atoms. The predicted octanol–water partition coefficient (Wildman–Crippen LogP) is 16.7. The second-order valence-electron chi connectivity index (χ2n) is 16.4. The van der Waals surface area contributed by atoms with Crippen molar-refractivity contribution in [3.8, 4) is 44.5 Å². The molecule has 0 heterocycles. The highest BCUT2D eigenvalue weighted by Gasteiger charge is 2.46. The lowest BCUT2D eigenvalue weighted by molar-refractivity contribution is 0.688. The number of rotatable bonds is 11. The largest absolute Gasteiger partial charge is 0.310 e. The van der Waals surface area contributed by atoms with Crippen molar-refractivity contribution in [2.75, 3.05) is 4.90 Å². The smallest absolute Gasteiger partial charge is 0.0673 e. The van der Waals surface area contributed by atoms with Crippen molar-refractivity contribution >= 4 is 22.6 Å². The molecule has 298 valence electrons. The number of allylic oxidation sites excluding steroid dienone is 2. The van der Waals surface area contributed by atoms with E-state index in [9.17, 15) is 0 Å². The molecule has 0 aromatic heterocycles. The van der Waals surface area contributed by atoms with Crippen LogP contribution in [0.1, 0.15) is 48.9 Å². The van der Waals surface area contributed by atoms with Gasteiger partial charge in [-0.15, -0.1) is 0 Å². The molecule has 0 amide bonds. The molecule has 1 aliphatic rings. The lowest BCUT2D eigenvalue weighted by Gasteiger charge is -2.36. The highest BCUT2D eigenvalue weighted by atomic mass is 15.1. The highest BCUT2D eigenvalue weighted by Crippen LogP contribution is 2.57. The van der Waals surface area contributed by atoms with Crippen molar-refractivity contribution in [3.05, 3.63) is 264 Å². The van der Waals surface area contributed by atoms with Gasteiger partial charge in [-0.25, -0.2) is 0 Å². The summed E-state index contributed by atoms with van der Waals surface area (Å²) in [7, 11) is 0. The van der Waals surface area contributed by atoms with Crippen LogP contribution < -0.4 is 4.90 Å². The van der Waals surface area contributed by atoms with Crippen LogP contribution >= 0.6 is 0 Å². The van der Waals surface area contributed by atoms with Crippen LogP contribution in [0.4, 0.5) is 17.1 Å². The van der Waals surface area contributed by atoms with Crippen LogP contribution in [0.15, 0.2) is 242 Å². The van der Waals surface area contributed by atoms with E-state index in [1.54, 1.807) is 0 Å². The quantitative estimate of drug-likeness (QED) is 0.126. The molecule has 0 atom stereocenters. The first-order valence-corrected chi connectivity index (χ1v) is 21.9.